The summed E-state index contributed by atoms with van der Waals surface area (Å²) >= 11 is 0. The monoisotopic (exact) mass is 309 g/mol. The van der Waals surface area contributed by atoms with E-state index in [1.54, 1.807) is 24.3 Å². The first-order valence-corrected chi connectivity index (χ1v) is 7.57. The van der Waals surface area contributed by atoms with Gasteiger partial charge >= 0.3 is 5.97 Å². The Kier molecular flexibility index (Phi) is 3.04. The van der Waals surface area contributed by atoms with Crippen molar-refractivity contribution in [1.29, 1.82) is 0 Å². The van der Waals surface area contributed by atoms with Gasteiger partial charge in [-0.15, -0.1) is 0 Å². The second-order valence-electron chi connectivity index (χ2n) is 5.68. The van der Waals surface area contributed by atoms with E-state index in [1.165, 1.54) is 0 Å². The zero-order valence-electron chi connectivity index (χ0n) is 12.4. The highest BCUT2D eigenvalue weighted by atomic mass is 16.4. The van der Waals surface area contributed by atoms with Gasteiger partial charge in [-0.05, 0) is 25.0 Å². The molecule has 0 spiro atoms. The summed E-state index contributed by atoms with van der Waals surface area (Å²) < 4.78 is 2.06. The largest absolute Gasteiger partial charge is 0.478 e. The molecule has 0 fully saturated rings. The van der Waals surface area contributed by atoms with Crippen LogP contribution in [0.4, 0.5) is 0 Å². The van der Waals surface area contributed by atoms with Crippen LogP contribution in [-0.2, 0) is 11.3 Å². The molecular formula is C17H15N3O3. The lowest BCUT2D eigenvalue weighted by Gasteiger charge is -2.07. The maximum atomic E-state index is 12.2. The summed E-state index contributed by atoms with van der Waals surface area (Å²) in [6, 6.07) is 6.68. The Bertz CT molecular complexity index is 939. The summed E-state index contributed by atoms with van der Waals surface area (Å²) in [7, 11) is 0. The highest BCUT2D eigenvalue weighted by molar-refractivity contribution is 6.13. The molecule has 2 N–H and O–H groups in total. The lowest BCUT2D eigenvalue weighted by Crippen LogP contribution is -2.36. The van der Waals surface area contributed by atoms with Crippen molar-refractivity contribution in [2.75, 3.05) is 6.54 Å². The number of nitrogens with one attached hydrogen (secondary N) is 1. The molecule has 0 saturated heterocycles. The van der Waals surface area contributed by atoms with Crippen LogP contribution in [0.1, 0.15) is 23.2 Å². The average molecular weight is 309 g/mol. The van der Waals surface area contributed by atoms with E-state index in [0.29, 0.717) is 13.1 Å². The van der Waals surface area contributed by atoms with Crippen LogP contribution in [0.25, 0.3) is 23.0 Å². The summed E-state index contributed by atoms with van der Waals surface area (Å²) in [5.41, 5.74) is 1.89. The molecule has 0 bridgehead atoms. The predicted octanol–water partition coefficient (Wildman–Crippen LogP) is 0.103. The average Bonchev–Trinajstić information content (AvgIpc) is 2.84. The molecule has 6 heteroatoms. The Morgan fingerprint density at radius 2 is 2.04 bits per heavy atom. The number of carboxylic acid groups (broad SMARTS) is 1. The number of imidazole rings is 1. The molecule has 1 aliphatic carbocycles. The predicted molar refractivity (Wildman–Crippen MR) is 84.0 cm³/mol. The molecule has 0 atom stereocenters. The summed E-state index contributed by atoms with van der Waals surface area (Å²) in [5.74, 6) is -0.180. The minimum Gasteiger partial charge on any atom is -0.478 e. The molecule has 1 aromatic carbocycles. The zero-order valence-corrected chi connectivity index (χ0v) is 12.4. The van der Waals surface area contributed by atoms with E-state index < -0.39 is 5.97 Å². The number of nitrogens with zero attached hydrogens (tertiary/aromatic N) is 2. The van der Waals surface area contributed by atoms with Gasteiger partial charge in [0.05, 0.1) is 16.3 Å². The molecule has 4 rings (SSSR count). The van der Waals surface area contributed by atoms with Crippen molar-refractivity contribution in [2.24, 2.45) is 0 Å². The summed E-state index contributed by atoms with van der Waals surface area (Å²) in [6.07, 6.45) is 3.59. The van der Waals surface area contributed by atoms with Crippen molar-refractivity contribution in [3.63, 3.8) is 0 Å². The molecule has 6 nitrogen and oxygen atoms in total. The standard InChI is InChI=1S/C17H15N3O3/c21-16-12-2-1-3-13-14(12)20(9-8-18-16)15(19-13)10-4-6-11(7-5-10)17(22)23/h3-7H,1-2,8-9H2,(H,18,21)(H,22,23). The number of hydrogen-bond donors (Lipinski definition) is 2. The minimum atomic E-state index is -0.948. The third-order valence-corrected chi connectivity index (χ3v) is 4.30. The number of carbonyl (C=O) groups is 2. The second kappa shape index (κ2) is 5.08. The van der Waals surface area contributed by atoms with Crippen LogP contribution in [0.2, 0.25) is 0 Å². The number of amides is 1. The van der Waals surface area contributed by atoms with Crippen LogP contribution in [-0.4, -0.2) is 33.1 Å². The van der Waals surface area contributed by atoms with E-state index in [0.717, 1.165) is 40.5 Å². The Morgan fingerprint density at radius 1 is 1.26 bits per heavy atom. The van der Waals surface area contributed by atoms with Gasteiger partial charge < -0.3 is 15.0 Å². The zero-order chi connectivity index (χ0) is 16.0. The second-order valence-corrected chi connectivity index (χ2v) is 5.68. The molecule has 2 heterocycles. The van der Waals surface area contributed by atoms with Gasteiger partial charge in [0, 0.05) is 24.2 Å². The molecule has 1 amide bonds. The SMILES string of the molecule is O=C1NCCn2c(-c3ccc(C(=O)O)cc3)nc3c2=C1CCC=3. The normalized spacial score (nSPS) is 16.2. The van der Waals surface area contributed by atoms with E-state index in [1.807, 2.05) is 0 Å². The number of carboxylic acids is 1. The van der Waals surface area contributed by atoms with Gasteiger partial charge in [-0.3, -0.25) is 4.79 Å². The van der Waals surface area contributed by atoms with Gasteiger partial charge in [0.1, 0.15) is 5.82 Å². The van der Waals surface area contributed by atoms with Crippen molar-refractivity contribution < 1.29 is 14.7 Å². The third kappa shape index (κ3) is 2.14. The van der Waals surface area contributed by atoms with Crippen molar-refractivity contribution in [3.8, 4) is 11.4 Å². The number of hydrogen-bond acceptors (Lipinski definition) is 3. The molecule has 1 aliphatic heterocycles. The molecule has 0 unspecified atom stereocenters. The van der Waals surface area contributed by atoms with Gasteiger partial charge in [-0.1, -0.05) is 18.2 Å². The lowest BCUT2D eigenvalue weighted by molar-refractivity contribution is -0.115. The van der Waals surface area contributed by atoms with E-state index in [2.05, 4.69) is 16.0 Å². The highest BCUT2D eigenvalue weighted by Gasteiger charge is 2.22. The van der Waals surface area contributed by atoms with Gasteiger partial charge in [0.25, 0.3) is 0 Å². The molecule has 23 heavy (non-hydrogen) atoms. The van der Waals surface area contributed by atoms with Gasteiger partial charge in [0.15, 0.2) is 0 Å². The van der Waals surface area contributed by atoms with Crippen LogP contribution in [0.15, 0.2) is 24.3 Å². The van der Waals surface area contributed by atoms with Crippen LogP contribution in [0.3, 0.4) is 0 Å². The van der Waals surface area contributed by atoms with E-state index in [4.69, 9.17) is 10.1 Å². The fourth-order valence-electron chi connectivity index (χ4n) is 3.21. The van der Waals surface area contributed by atoms with Crippen LogP contribution in [0.5, 0.6) is 0 Å². The minimum absolute atomic E-state index is 0.00854. The smallest absolute Gasteiger partial charge is 0.335 e. The van der Waals surface area contributed by atoms with Crippen molar-refractivity contribution >= 4 is 23.5 Å². The Balaban J connectivity index is 1.94. The van der Waals surface area contributed by atoms with Gasteiger partial charge in [-0.25, -0.2) is 9.78 Å². The van der Waals surface area contributed by atoms with Crippen LogP contribution >= 0.6 is 0 Å². The first-order chi connectivity index (χ1) is 11.1. The Morgan fingerprint density at radius 3 is 2.78 bits per heavy atom. The topological polar surface area (TPSA) is 84.2 Å². The lowest BCUT2D eigenvalue weighted by atomic mass is 10.1. The van der Waals surface area contributed by atoms with E-state index in [9.17, 15) is 9.59 Å². The van der Waals surface area contributed by atoms with Crippen molar-refractivity contribution in [1.82, 2.24) is 14.9 Å². The number of aromatic nitrogens is 2. The first kappa shape index (κ1) is 13.8. The fourth-order valence-corrected chi connectivity index (χ4v) is 3.21. The summed E-state index contributed by atoms with van der Waals surface area (Å²) in [4.78, 5) is 27.9. The molecule has 116 valence electrons. The Labute approximate surface area is 131 Å². The molecule has 0 saturated carbocycles. The highest BCUT2D eigenvalue weighted by Crippen LogP contribution is 2.18. The third-order valence-electron chi connectivity index (χ3n) is 4.30. The van der Waals surface area contributed by atoms with Gasteiger partial charge in [0.2, 0.25) is 5.91 Å². The maximum absolute atomic E-state index is 12.2. The van der Waals surface area contributed by atoms with Gasteiger partial charge in [-0.2, -0.15) is 0 Å². The molecule has 1 aromatic heterocycles. The molecule has 0 radical (unpaired) electrons. The maximum Gasteiger partial charge on any atom is 0.335 e. The first-order valence-electron chi connectivity index (χ1n) is 7.57. The number of rotatable bonds is 2. The van der Waals surface area contributed by atoms with Crippen LogP contribution in [0, 0.1) is 0 Å². The number of carbonyl (C=O) groups excluding carboxylic acids is 1. The quantitative estimate of drug-likeness (QED) is 0.824. The van der Waals surface area contributed by atoms with Crippen molar-refractivity contribution in [2.45, 2.75) is 19.4 Å². The molecule has 2 aliphatic rings. The summed E-state index contributed by atoms with van der Waals surface area (Å²) in [5, 5.41) is 13.7. The van der Waals surface area contributed by atoms with E-state index in [-0.39, 0.29) is 11.5 Å². The van der Waals surface area contributed by atoms with E-state index >= 15 is 0 Å². The number of benzene rings is 1. The Hall–Kier alpha value is -2.89. The number of aromatic carboxylic acids is 1. The molecule has 2 aromatic rings. The summed E-state index contributed by atoms with van der Waals surface area (Å²) in [6.45, 7) is 1.22. The molecular weight excluding hydrogens is 294 g/mol. The fraction of sp³-hybridized carbons (Fsp3) is 0.235. The van der Waals surface area contributed by atoms with Crippen molar-refractivity contribution in [3.05, 3.63) is 40.5 Å². The van der Waals surface area contributed by atoms with Crippen LogP contribution < -0.4 is 16.0 Å².